The molecule has 1 saturated heterocycles. The number of nitrogens with zero attached hydrogens (tertiary/aromatic N) is 1. The Morgan fingerprint density at radius 3 is 2.62 bits per heavy atom. The minimum absolute atomic E-state index is 0.150. The van der Waals surface area contributed by atoms with Gasteiger partial charge in [0.05, 0.1) is 0 Å². The van der Waals surface area contributed by atoms with Gasteiger partial charge in [-0.05, 0) is 18.0 Å². The van der Waals surface area contributed by atoms with Crippen molar-refractivity contribution in [1.82, 2.24) is 4.90 Å². The van der Waals surface area contributed by atoms with Crippen LogP contribution in [0.5, 0.6) is 0 Å². The third-order valence-corrected chi connectivity index (χ3v) is 3.42. The predicted molar refractivity (Wildman–Crippen MR) is 64.0 cm³/mol. The van der Waals surface area contributed by atoms with Crippen LogP contribution in [0, 0.1) is 5.92 Å². The molecule has 0 bridgehead atoms. The Kier molecular flexibility index (Phi) is 3.25. The molecular formula is C13H18N2O. The quantitative estimate of drug-likeness (QED) is 0.811. The summed E-state index contributed by atoms with van der Waals surface area (Å²) < 4.78 is 0. The van der Waals surface area contributed by atoms with Crippen LogP contribution in [0.4, 0.5) is 0 Å². The molecule has 2 rings (SSSR count). The fourth-order valence-electron chi connectivity index (χ4n) is 2.45. The Morgan fingerprint density at radius 1 is 1.38 bits per heavy atom. The molecule has 3 nitrogen and oxygen atoms in total. The minimum atomic E-state index is 0.150. The van der Waals surface area contributed by atoms with Crippen molar-refractivity contribution in [1.29, 1.82) is 0 Å². The van der Waals surface area contributed by atoms with Crippen molar-refractivity contribution in [2.75, 3.05) is 19.6 Å². The molecule has 1 amide bonds. The second kappa shape index (κ2) is 4.66. The molecular weight excluding hydrogens is 200 g/mol. The Labute approximate surface area is 96.2 Å². The van der Waals surface area contributed by atoms with E-state index in [0.29, 0.717) is 18.4 Å². The molecule has 0 spiro atoms. The first-order valence-electron chi connectivity index (χ1n) is 5.73. The van der Waals surface area contributed by atoms with E-state index < -0.39 is 0 Å². The summed E-state index contributed by atoms with van der Waals surface area (Å²) >= 11 is 0. The van der Waals surface area contributed by atoms with Crippen molar-refractivity contribution in [3.8, 4) is 0 Å². The Morgan fingerprint density at radius 2 is 2.06 bits per heavy atom. The van der Waals surface area contributed by atoms with Crippen molar-refractivity contribution in [2.24, 2.45) is 11.7 Å². The average Bonchev–Trinajstić information content (AvgIpc) is 2.74. The van der Waals surface area contributed by atoms with Crippen molar-refractivity contribution in [3.63, 3.8) is 0 Å². The molecule has 0 unspecified atom stereocenters. The summed E-state index contributed by atoms with van der Waals surface area (Å²) in [5, 5.41) is 0. The van der Waals surface area contributed by atoms with Gasteiger partial charge in [0.1, 0.15) is 0 Å². The highest BCUT2D eigenvalue weighted by Crippen LogP contribution is 2.31. The first kappa shape index (κ1) is 11.1. The fraction of sp³-hybridized carbons (Fsp3) is 0.462. The van der Waals surface area contributed by atoms with Crippen LogP contribution < -0.4 is 5.73 Å². The first-order valence-corrected chi connectivity index (χ1v) is 5.73. The topological polar surface area (TPSA) is 46.3 Å². The van der Waals surface area contributed by atoms with Crippen molar-refractivity contribution >= 4 is 5.91 Å². The van der Waals surface area contributed by atoms with Crippen LogP contribution in [0.25, 0.3) is 0 Å². The van der Waals surface area contributed by atoms with Crippen LogP contribution in [0.15, 0.2) is 30.3 Å². The lowest BCUT2D eigenvalue weighted by atomic mass is 9.89. The zero-order valence-corrected chi connectivity index (χ0v) is 9.60. The van der Waals surface area contributed by atoms with E-state index in [4.69, 9.17) is 5.73 Å². The molecule has 0 aromatic heterocycles. The molecule has 1 aromatic rings. The maximum Gasteiger partial charge on any atom is 0.219 e. The summed E-state index contributed by atoms with van der Waals surface area (Å²) in [5.41, 5.74) is 7.08. The van der Waals surface area contributed by atoms with Gasteiger partial charge in [-0.1, -0.05) is 30.3 Å². The van der Waals surface area contributed by atoms with Crippen LogP contribution >= 0.6 is 0 Å². The van der Waals surface area contributed by atoms with E-state index >= 15 is 0 Å². The van der Waals surface area contributed by atoms with Crippen molar-refractivity contribution < 1.29 is 4.79 Å². The molecule has 0 aliphatic carbocycles. The smallest absolute Gasteiger partial charge is 0.219 e. The molecule has 0 saturated carbocycles. The maximum atomic E-state index is 11.4. The molecule has 2 N–H and O–H groups in total. The maximum absolute atomic E-state index is 11.4. The lowest BCUT2D eigenvalue weighted by molar-refractivity contribution is -0.127. The normalized spacial score (nSPS) is 24.8. The Bertz CT molecular complexity index is 363. The molecule has 1 aliphatic heterocycles. The molecule has 0 radical (unpaired) electrons. The predicted octanol–water partition coefficient (Wildman–Crippen LogP) is 1.21. The summed E-state index contributed by atoms with van der Waals surface area (Å²) in [5.74, 6) is 0.943. The number of likely N-dealkylation sites (tertiary alicyclic amines) is 1. The average molecular weight is 218 g/mol. The van der Waals surface area contributed by atoms with Crippen molar-refractivity contribution in [3.05, 3.63) is 35.9 Å². The summed E-state index contributed by atoms with van der Waals surface area (Å²) in [6.45, 7) is 3.87. The van der Waals surface area contributed by atoms with Gasteiger partial charge < -0.3 is 10.6 Å². The fourth-order valence-corrected chi connectivity index (χ4v) is 2.45. The highest BCUT2D eigenvalue weighted by molar-refractivity contribution is 5.73. The number of carbonyl (C=O) groups is 1. The Balaban J connectivity index is 2.18. The second-order valence-corrected chi connectivity index (χ2v) is 4.44. The summed E-state index contributed by atoms with van der Waals surface area (Å²) in [7, 11) is 0. The van der Waals surface area contributed by atoms with Gasteiger partial charge in [-0.2, -0.15) is 0 Å². The van der Waals surface area contributed by atoms with E-state index in [1.807, 2.05) is 23.1 Å². The molecule has 3 heteroatoms. The lowest BCUT2D eigenvalue weighted by Crippen LogP contribution is -2.27. The van der Waals surface area contributed by atoms with E-state index in [1.54, 1.807) is 6.92 Å². The third-order valence-electron chi connectivity index (χ3n) is 3.42. The van der Waals surface area contributed by atoms with Crippen LogP contribution in [0.3, 0.4) is 0 Å². The molecule has 86 valence electrons. The van der Waals surface area contributed by atoms with Gasteiger partial charge in [0.25, 0.3) is 0 Å². The van der Waals surface area contributed by atoms with E-state index in [1.165, 1.54) is 5.56 Å². The molecule has 1 heterocycles. The van der Waals surface area contributed by atoms with E-state index in [0.717, 1.165) is 13.1 Å². The number of carbonyl (C=O) groups excluding carboxylic acids is 1. The van der Waals surface area contributed by atoms with E-state index in [2.05, 4.69) is 12.1 Å². The van der Waals surface area contributed by atoms with Crippen LogP contribution in [-0.2, 0) is 4.79 Å². The third kappa shape index (κ3) is 2.09. The van der Waals surface area contributed by atoms with Crippen molar-refractivity contribution in [2.45, 2.75) is 12.8 Å². The standard InChI is InChI=1S/C13H18N2O/c1-10(16)15-8-12(7-14)13(9-15)11-5-3-2-4-6-11/h2-6,12-13H,7-9,14H2,1H3/t12-,13+/m1/s1. The SMILES string of the molecule is CC(=O)N1C[C@@H](CN)[C@H](c2ccccc2)C1. The van der Waals surface area contributed by atoms with Gasteiger partial charge in [-0.25, -0.2) is 0 Å². The van der Waals surface area contributed by atoms with E-state index in [-0.39, 0.29) is 5.91 Å². The van der Waals surface area contributed by atoms with Gasteiger partial charge in [0.15, 0.2) is 0 Å². The largest absolute Gasteiger partial charge is 0.342 e. The zero-order valence-electron chi connectivity index (χ0n) is 9.60. The van der Waals surface area contributed by atoms with Crippen LogP contribution in [0.2, 0.25) is 0 Å². The van der Waals surface area contributed by atoms with Gasteiger partial charge in [0, 0.05) is 25.9 Å². The second-order valence-electron chi connectivity index (χ2n) is 4.44. The van der Waals surface area contributed by atoms with Gasteiger partial charge in [-0.15, -0.1) is 0 Å². The Hall–Kier alpha value is -1.35. The highest BCUT2D eigenvalue weighted by Gasteiger charge is 2.33. The molecule has 16 heavy (non-hydrogen) atoms. The van der Waals surface area contributed by atoms with Gasteiger partial charge in [0.2, 0.25) is 5.91 Å². The number of amides is 1. The summed E-state index contributed by atoms with van der Waals surface area (Å²) in [6.07, 6.45) is 0. The lowest BCUT2D eigenvalue weighted by Gasteiger charge is -2.16. The summed E-state index contributed by atoms with van der Waals surface area (Å²) in [4.78, 5) is 13.3. The van der Waals surface area contributed by atoms with Gasteiger partial charge >= 0.3 is 0 Å². The molecule has 1 fully saturated rings. The highest BCUT2D eigenvalue weighted by atomic mass is 16.2. The van der Waals surface area contributed by atoms with E-state index in [9.17, 15) is 4.79 Å². The summed E-state index contributed by atoms with van der Waals surface area (Å²) in [6, 6.07) is 10.3. The number of hydrogen-bond donors (Lipinski definition) is 1. The number of benzene rings is 1. The molecule has 1 aliphatic rings. The van der Waals surface area contributed by atoms with Crippen LogP contribution in [0.1, 0.15) is 18.4 Å². The van der Waals surface area contributed by atoms with Gasteiger partial charge in [-0.3, -0.25) is 4.79 Å². The molecule has 2 atom stereocenters. The zero-order chi connectivity index (χ0) is 11.5. The monoisotopic (exact) mass is 218 g/mol. The number of nitrogens with two attached hydrogens (primary N) is 1. The molecule has 1 aromatic carbocycles. The number of rotatable bonds is 2. The minimum Gasteiger partial charge on any atom is -0.342 e. The number of hydrogen-bond acceptors (Lipinski definition) is 2. The first-order chi connectivity index (χ1) is 7.72. The van der Waals surface area contributed by atoms with Crippen LogP contribution in [-0.4, -0.2) is 30.4 Å².